The summed E-state index contributed by atoms with van der Waals surface area (Å²) < 4.78 is 30.6. The summed E-state index contributed by atoms with van der Waals surface area (Å²) in [5, 5.41) is 0.409. The molecule has 1 amide bonds. The number of aromatic nitrogens is 2. The van der Waals surface area contributed by atoms with Crippen LogP contribution in [-0.2, 0) is 17.1 Å². The summed E-state index contributed by atoms with van der Waals surface area (Å²) >= 11 is 5.82. The van der Waals surface area contributed by atoms with Crippen molar-refractivity contribution in [3.8, 4) is 0 Å². The van der Waals surface area contributed by atoms with Crippen LogP contribution in [0.4, 0.5) is 5.82 Å². The van der Waals surface area contributed by atoms with Crippen LogP contribution in [-0.4, -0.2) is 41.9 Å². The van der Waals surface area contributed by atoms with Gasteiger partial charge >= 0.3 is 0 Å². The molecule has 0 bridgehead atoms. The minimum absolute atomic E-state index is 0.0125. The highest BCUT2D eigenvalue weighted by Crippen LogP contribution is 2.29. The van der Waals surface area contributed by atoms with Gasteiger partial charge in [0.2, 0.25) is 0 Å². The Kier molecular flexibility index (Phi) is 6.00. The van der Waals surface area contributed by atoms with E-state index in [-0.39, 0.29) is 22.2 Å². The molecule has 0 aromatic carbocycles. The minimum atomic E-state index is -4.01. The van der Waals surface area contributed by atoms with E-state index >= 15 is 0 Å². The number of hydrogen-bond donors (Lipinski definition) is 1. The molecule has 1 saturated heterocycles. The number of carbonyl (C=O) groups is 1. The van der Waals surface area contributed by atoms with Gasteiger partial charge in [-0.1, -0.05) is 24.4 Å². The SMILES string of the molecule is Cc1c(C(=O)N2CCCCCC2)c(S(=O)(=O)Nc2ccc(Cl)cn2)c(C)n1C. The Morgan fingerprint density at radius 1 is 1.11 bits per heavy atom. The van der Waals surface area contributed by atoms with Crippen molar-refractivity contribution in [3.05, 3.63) is 40.3 Å². The summed E-state index contributed by atoms with van der Waals surface area (Å²) in [5.41, 5.74) is 1.39. The third-order valence-electron chi connectivity index (χ3n) is 5.27. The summed E-state index contributed by atoms with van der Waals surface area (Å²) in [6.45, 7) is 4.78. The maximum Gasteiger partial charge on any atom is 0.265 e. The molecule has 0 radical (unpaired) electrons. The number of rotatable bonds is 4. The zero-order valence-corrected chi connectivity index (χ0v) is 17.9. The molecule has 1 N–H and O–H groups in total. The zero-order valence-electron chi connectivity index (χ0n) is 16.3. The predicted octanol–water partition coefficient (Wildman–Crippen LogP) is 3.51. The van der Waals surface area contributed by atoms with Gasteiger partial charge in [-0.05, 0) is 38.8 Å². The molecule has 2 aromatic rings. The first-order valence-corrected chi connectivity index (χ1v) is 11.2. The molecule has 9 heteroatoms. The monoisotopic (exact) mass is 424 g/mol. The van der Waals surface area contributed by atoms with E-state index in [0.29, 0.717) is 29.5 Å². The highest BCUT2D eigenvalue weighted by Gasteiger charge is 2.33. The Morgan fingerprint density at radius 2 is 1.75 bits per heavy atom. The average Bonchev–Trinajstić information content (AvgIpc) is 2.86. The molecule has 0 atom stereocenters. The molecule has 7 nitrogen and oxygen atoms in total. The van der Waals surface area contributed by atoms with Crippen molar-refractivity contribution in [1.82, 2.24) is 14.5 Å². The van der Waals surface area contributed by atoms with Crippen LogP contribution in [0.3, 0.4) is 0 Å². The van der Waals surface area contributed by atoms with Crippen LogP contribution < -0.4 is 4.72 Å². The van der Waals surface area contributed by atoms with Crippen molar-refractivity contribution in [2.45, 2.75) is 44.4 Å². The molecule has 0 saturated carbocycles. The van der Waals surface area contributed by atoms with Crippen LogP contribution >= 0.6 is 11.6 Å². The van der Waals surface area contributed by atoms with E-state index in [0.717, 1.165) is 25.7 Å². The lowest BCUT2D eigenvalue weighted by atomic mass is 10.2. The average molecular weight is 425 g/mol. The van der Waals surface area contributed by atoms with Crippen molar-refractivity contribution < 1.29 is 13.2 Å². The van der Waals surface area contributed by atoms with Crippen molar-refractivity contribution in [1.29, 1.82) is 0 Å². The minimum Gasteiger partial charge on any atom is -0.350 e. The number of nitrogens with one attached hydrogen (secondary N) is 1. The van der Waals surface area contributed by atoms with Gasteiger partial charge in [-0.2, -0.15) is 0 Å². The summed E-state index contributed by atoms with van der Waals surface area (Å²) in [4.78, 5) is 19.1. The standard InChI is InChI=1S/C19H25ClN4O3S/c1-13-17(19(25)24-10-6-4-5-7-11-24)18(14(2)23(13)3)28(26,27)22-16-9-8-15(20)12-21-16/h8-9,12H,4-7,10-11H2,1-3H3,(H,21,22). The summed E-state index contributed by atoms with van der Waals surface area (Å²) in [6.07, 6.45) is 5.42. The number of likely N-dealkylation sites (tertiary alicyclic amines) is 1. The molecule has 0 unspecified atom stereocenters. The van der Waals surface area contributed by atoms with Gasteiger partial charge in [0.05, 0.1) is 10.6 Å². The molecule has 1 fully saturated rings. The second-order valence-corrected chi connectivity index (χ2v) is 9.16. The smallest absolute Gasteiger partial charge is 0.265 e. The molecule has 152 valence electrons. The second kappa shape index (κ2) is 8.13. The van der Waals surface area contributed by atoms with Crippen LogP contribution in [0.1, 0.15) is 47.4 Å². The maximum absolute atomic E-state index is 13.3. The van der Waals surface area contributed by atoms with Gasteiger partial charge in [0, 0.05) is 37.7 Å². The Bertz CT molecular complexity index is 976. The Morgan fingerprint density at radius 3 is 2.32 bits per heavy atom. The number of sulfonamides is 1. The highest BCUT2D eigenvalue weighted by molar-refractivity contribution is 7.92. The fourth-order valence-corrected chi connectivity index (χ4v) is 5.19. The lowest BCUT2D eigenvalue weighted by Gasteiger charge is -2.21. The van der Waals surface area contributed by atoms with E-state index in [4.69, 9.17) is 11.6 Å². The lowest BCUT2D eigenvalue weighted by molar-refractivity contribution is 0.0757. The number of pyridine rings is 1. The third-order valence-corrected chi connectivity index (χ3v) is 7.00. The summed E-state index contributed by atoms with van der Waals surface area (Å²) in [6, 6.07) is 3.04. The highest BCUT2D eigenvalue weighted by atomic mass is 35.5. The molecule has 0 aliphatic carbocycles. The van der Waals surface area contributed by atoms with Crippen molar-refractivity contribution in [2.24, 2.45) is 7.05 Å². The number of amides is 1. The molecule has 0 spiro atoms. The van der Waals surface area contributed by atoms with Crippen LogP contribution in [0.2, 0.25) is 5.02 Å². The topological polar surface area (TPSA) is 84.3 Å². The van der Waals surface area contributed by atoms with Crippen molar-refractivity contribution >= 4 is 33.3 Å². The summed E-state index contributed by atoms with van der Waals surface area (Å²) in [5.74, 6) is -0.0778. The number of anilines is 1. The van der Waals surface area contributed by atoms with Gasteiger partial charge in [-0.3, -0.25) is 9.52 Å². The largest absolute Gasteiger partial charge is 0.350 e. The lowest BCUT2D eigenvalue weighted by Crippen LogP contribution is -2.33. The van der Waals surface area contributed by atoms with E-state index in [1.54, 1.807) is 36.4 Å². The van der Waals surface area contributed by atoms with Crippen LogP contribution in [0.15, 0.2) is 23.2 Å². The van der Waals surface area contributed by atoms with E-state index in [2.05, 4.69) is 9.71 Å². The van der Waals surface area contributed by atoms with Crippen LogP contribution in [0.5, 0.6) is 0 Å². The van der Waals surface area contributed by atoms with E-state index < -0.39 is 10.0 Å². The first kappa shape index (κ1) is 20.7. The normalized spacial score (nSPS) is 15.4. The molecule has 28 heavy (non-hydrogen) atoms. The van der Waals surface area contributed by atoms with E-state index in [1.807, 2.05) is 0 Å². The number of nitrogens with zero attached hydrogens (tertiary/aromatic N) is 3. The summed E-state index contributed by atoms with van der Waals surface area (Å²) in [7, 11) is -2.24. The van der Waals surface area contributed by atoms with Gasteiger partial charge in [0.25, 0.3) is 15.9 Å². The molecular formula is C19H25ClN4O3S. The van der Waals surface area contributed by atoms with Gasteiger partial charge in [-0.15, -0.1) is 0 Å². The predicted molar refractivity (Wildman–Crippen MR) is 109 cm³/mol. The van der Waals surface area contributed by atoms with E-state index in [9.17, 15) is 13.2 Å². The van der Waals surface area contributed by atoms with E-state index in [1.165, 1.54) is 12.3 Å². The molecule has 1 aliphatic heterocycles. The number of halogens is 1. The molecule has 3 rings (SSSR count). The maximum atomic E-state index is 13.3. The number of hydrogen-bond acceptors (Lipinski definition) is 4. The van der Waals surface area contributed by atoms with Crippen LogP contribution in [0, 0.1) is 13.8 Å². The van der Waals surface area contributed by atoms with Crippen LogP contribution in [0.25, 0.3) is 0 Å². The van der Waals surface area contributed by atoms with Gasteiger partial charge in [-0.25, -0.2) is 13.4 Å². The first-order chi connectivity index (χ1) is 13.2. The fourth-order valence-electron chi connectivity index (χ4n) is 3.55. The third kappa shape index (κ3) is 4.03. The Hall–Kier alpha value is -2.06. The van der Waals surface area contributed by atoms with Gasteiger partial charge < -0.3 is 9.47 Å². The van der Waals surface area contributed by atoms with Gasteiger partial charge in [0.1, 0.15) is 10.7 Å². The fraction of sp³-hybridized carbons (Fsp3) is 0.474. The van der Waals surface area contributed by atoms with Crippen molar-refractivity contribution in [3.63, 3.8) is 0 Å². The molecule has 2 aromatic heterocycles. The Balaban J connectivity index is 2.03. The quantitative estimate of drug-likeness (QED) is 0.813. The molecular weight excluding hydrogens is 400 g/mol. The second-order valence-electron chi connectivity index (χ2n) is 7.11. The van der Waals surface area contributed by atoms with Gasteiger partial charge in [0.15, 0.2) is 0 Å². The Labute approximate surface area is 170 Å². The molecule has 1 aliphatic rings. The van der Waals surface area contributed by atoms with Crippen molar-refractivity contribution in [2.75, 3.05) is 17.8 Å². The molecule has 3 heterocycles. The first-order valence-electron chi connectivity index (χ1n) is 9.32. The zero-order chi connectivity index (χ0) is 20.5. The number of carbonyl (C=O) groups excluding carboxylic acids is 1.